The summed E-state index contributed by atoms with van der Waals surface area (Å²) < 4.78 is 0. The van der Waals surface area contributed by atoms with Crippen LogP contribution in [0.4, 0.5) is 5.13 Å². The topological polar surface area (TPSA) is 53.4 Å². The molecule has 1 aromatic heterocycles. The quantitative estimate of drug-likeness (QED) is 0.881. The van der Waals surface area contributed by atoms with Gasteiger partial charge in [-0.2, -0.15) is 0 Å². The zero-order chi connectivity index (χ0) is 12.6. The third-order valence-electron chi connectivity index (χ3n) is 3.16. The largest absolute Gasteiger partial charge is 0.476 e. The predicted molar refractivity (Wildman–Crippen MR) is 69.0 cm³/mol. The molecule has 1 aliphatic heterocycles. The molecule has 0 saturated carbocycles. The van der Waals surface area contributed by atoms with Crippen LogP contribution in [0.1, 0.15) is 42.1 Å². The summed E-state index contributed by atoms with van der Waals surface area (Å²) in [5.41, 5.74) is 0.495. The van der Waals surface area contributed by atoms with Crippen LogP contribution in [0.5, 0.6) is 0 Å². The van der Waals surface area contributed by atoms with Crippen molar-refractivity contribution in [1.82, 2.24) is 4.98 Å². The summed E-state index contributed by atoms with van der Waals surface area (Å²) in [4.78, 5) is 18.2. The second-order valence-electron chi connectivity index (χ2n) is 5.40. The number of nitrogens with zero attached hydrogens (tertiary/aromatic N) is 2. The summed E-state index contributed by atoms with van der Waals surface area (Å²) in [5.74, 6) is -0.929. The van der Waals surface area contributed by atoms with Crippen LogP contribution in [0.2, 0.25) is 0 Å². The average Bonchev–Trinajstić information content (AvgIpc) is 2.59. The highest BCUT2D eigenvalue weighted by atomic mass is 32.1. The molecule has 0 amide bonds. The van der Waals surface area contributed by atoms with Gasteiger partial charge in [-0.05, 0) is 25.2 Å². The molecule has 1 fully saturated rings. The molecular formula is C12H18N2O2S. The molecule has 17 heavy (non-hydrogen) atoms. The summed E-state index contributed by atoms with van der Waals surface area (Å²) in [6.45, 7) is 8.25. The molecule has 4 nitrogen and oxygen atoms in total. The van der Waals surface area contributed by atoms with E-state index >= 15 is 0 Å². The van der Waals surface area contributed by atoms with Gasteiger partial charge in [0, 0.05) is 18.0 Å². The van der Waals surface area contributed by atoms with Gasteiger partial charge in [0.25, 0.3) is 0 Å². The van der Waals surface area contributed by atoms with E-state index in [1.165, 1.54) is 17.8 Å². The maximum absolute atomic E-state index is 11.0. The third-order valence-corrected chi connectivity index (χ3v) is 4.19. The fourth-order valence-electron chi connectivity index (χ4n) is 2.30. The second-order valence-corrected chi connectivity index (χ2v) is 6.58. The van der Waals surface area contributed by atoms with E-state index in [0.29, 0.717) is 5.41 Å². The van der Waals surface area contributed by atoms with Crippen molar-refractivity contribution in [2.45, 2.75) is 33.6 Å². The Kier molecular flexibility index (Phi) is 3.12. The van der Waals surface area contributed by atoms with Gasteiger partial charge >= 0.3 is 5.97 Å². The lowest BCUT2D eigenvalue weighted by Crippen LogP contribution is -2.40. The summed E-state index contributed by atoms with van der Waals surface area (Å²) in [5, 5.41) is 9.86. The van der Waals surface area contributed by atoms with Crippen LogP contribution in [0, 0.1) is 12.3 Å². The molecule has 0 bridgehead atoms. The number of piperidine rings is 1. The van der Waals surface area contributed by atoms with Crippen molar-refractivity contribution in [3.63, 3.8) is 0 Å². The summed E-state index contributed by atoms with van der Waals surface area (Å²) >= 11 is 1.48. The molecule has 0 aromatic carbocycles. The van der Waals surface area contributed by atoms with Crippen molar-refractivity contribution in [3.8, 4) is 0 Å². The highest BCUT2D eigenvalue weighted by Gasteiger charge is 2.28. The first-order valence-electron chi connectivity index (χ1n) is 5.85. The van der Waals surface area contributed by atoms with E-state index in [1.807, 2.05) is 6.92 Å². The van der Waals surface area contributed by atoms with Gasteiger partial charge in [-0.25, -0.2) is 9.78 Å². The number of aryl methyl sites for hydroxylation is 1. The number of thiazole rings is 1. The van der Waals surface area contributed by atoms with Crippen molar-refractivity contribution in [2.24, 2.45) is 5.41 Å². The van der Waals surface area contributed by atoms with E-state index in [2.05, 4.69) is 23.7 Å². The lowest BCUT2D eigenvalue weighted by molar-refractivity contribution is 0.0690. The molecule has 2 rings (SSSR count). The number of carbonyl (C=O) groups is 1. The van der Waals surface area contributed by atoms with E-state index in [4.69, 9.17) is 5.11 Å². The summed E-state index contributed by atoms with van der Waals surface area (Å²) in [6.07, 6.45) is 2.37. The van der Waals surface area contributed by atoms with Crippen LogP contribution < -0.4 is 4.90 Å². The molecule has 0 radical (unpaired) electrons. The summed E-state index contributed by atoms with van der Waals surface area (Å²) in [6, 6.07) is 0. The van der Waals surface area contributed by atoms with Gasteiger partial charge in [-0.1, -0.05) is 13.8 Å². The molecule has 1 aliphatic rings. The number of hydrogen-bond donors (Lipinski definition) is 1. The standard InChI is InChI=1S/C12H18N2O2S/c1-8-9(10(15)16)13-11(17-8)14-6-4-5-12(2,3)7-14/h4-7H2,1-3H3,(H,15,16). The molecule has 1 aromatic rings. The Morgan fingerprint density at radius 3 is 2.76 bits per heavy atom. The van der Waals surface area contributed by atoms with Crippen LogP contribution in [-0.2, 0) is 0 Å². The van der Waals surface area contributed by atoms with E-state index in [0.717, 1.165) is 29.5 Å². The van der Waals surface area contributed by atoms with Gasteiger partial charge in [0.15, 0.2) is 10.8 Å². The highest BCUT2D eigenvalue weighted by molar-refractivity contribution is 7.15. The Balaban J connectivity index is 2.22. The first-order chi connectivity index (χ1) is 7.89. The fourth-order valence-corrected chi connectivity index (χ4v) is 3.23. The smallest absolute Gasteiger partial charge is 0.355 e. The Hall–Kier alpha value is -1.10. The number of aromatic nitrogens is 1. The maximum atomic E-state index is 11.0. The van der Waals surface area contributed by atoms with Crippen LogP contribution in [-0.4, -0.2) is 29.1 Å². The molecule has 0 atom stereocenters. The average molecular weight is 254 g/mol. The molecule has 94 valence electrons. The van der Waals surface area contributed by atoms with Crippen molar-refractivity contribution < 1.29 is 9.90 Å². The molecule has 1 N–H and O–H groups in total. The van der Waals surface area contributed by atoms with Crippen LogP contribution in [0.15, 0.2) is 0 Å². The van der Waals surface area contributed by atoms with Crippen LogP contribution >= 0.6 is 11.3 Å². The maximum Gasteiger partial charge on any atom is 0.355 e. The monoisotopic (exact) mass is 254 g/mol. The number of carboxylic acid groups (broad SMARTS) is 1. The van der Waals surface area contributed by atoms with Crippen LogP contribution in [0.3, 0.4) is 0 Å². The number of hydrogen-bond acceptors (Lipinski definition) is 4. The second kappa shape index (κ2) is 4.29. The van der Waals surface area contributed by atoms with Gasteiger partial charge in [0.2, 0.25) is 0 Å². The van der Waals surface area contributed by atoms with E-state index in [1.54, 1.807) is 0 Å². The minimum Gasteiger partial charge on any atom is -0.476 e. The first-order valence-corrected chi connectivity index (χ1v) is 6.66. The minimum absolute atomic E-state index is 0.202. The molecule has 0 unspecified atom stereocenters. The molecule has 2 heterocycles. The van der Waals surface area contributed by atoms with Crippen molar-refractivity contribution in [1.29, 1.82) is 0 Å². The minimum atomic E-state index is -0.929. The number of rotatable bonds is 2. The number of carboxylic acids is 1. The zero-order valence-electron chi connectivity index (χ0n) is 10.5. The zero-order valence-corrected chi connectivity index (χ0v) is 11.3. The normalized spacial score (nSPS) is 19.4. The van der Waals surface area contributed by atoms with E-state index < -0.39 is 5.97 Å². The summed E-state index contributed by atoms with van der Waals surface area (Å²) in [7, 11) is 0. The molecule has 0 spiro atoms. The van der Waals surface area contributed by atoms with Crippen molar-refractivity contribution >= 4 is 22.4 Å². The van der Waals surface area contributed by atoms with Gasteiger partial charge in [0.1, 0.15) is 0 Å². The van der Waals surface area contributed by atoms with Crippen LogP contribution in [0.25, 0.3) is 0 Å². The Bertz CT molecular complexity index is 440. The predicted octanol–water partition coefficient (Wildman–Crippen LogP) is 2.78. The van der Waals surface area contributed by atoms with Crippen molar-refractivity contribution in [2.75, 3.05) is 18.0 Å². The molecule has 0 aliphatic carbocycles. The van der Waals surface area contributed by atoms with Gasteiger partial charge in [-0.15, -0.1) is 11.3 Å². The number of anilines is 1. The fraction of sp³-hybridized carbons (Fsp3) is 0.667. The SMILES string of the molecule is Cc1sc(N2CCCC(C)(C)C2)nc1C(=O)O. The van der Waals surface area contributed by atoms with Gasteiger partial charge < -0.3 is 10.0 Å². The lowest BCUT2D eigenvalue weighted by Gasteiger charge is -2.37. The Labute approximate surface area is 105 Å². The first kappa shape index (κ1) is 12.4. The van der Waals surface area contributed by atoms with Crippen molar-refractivity contribution in [3.05, 3.63) is 10.6 Å². The molecule has 1 saturated heterocycles. The Morgan fingerprint density at radius 2 is 2.24 bits per heavy atom. The van der Waals surface area contributed by atoms with E-state index in [9.17, 15) is 4.79 Å². The Morgan fingerprint density at radius 1 is 1.53 bits per heavy atom. The van der Waals surface area contributed by atoms with E-state index in [-0.39, 0.29) is 5.69 Å². The lowest BCUT2D eigenvalue weighted by atomic mass is 9.84. The van der Waals surface area contributed by atoms with Gasteiger partial charge in [-0.3, -0.25) is 0 Å². The molecule has 5 heteroatoms. The highest BCUT2D eigenvalue weighted by Crippen LogP contribution is 2.34. The van der Waals surface area contributed by atoms with Gasteiger partial charge in [0.05, 0.1) is 0 Å². The molecular weight excluding hydrogens is 236 g/mol. The number of aromatic carboxylic acids is 1. The third kappa shape index (κ3) is 2.60.